The van der Waals surface area contributed by atoms with Crippen molar-refractivity contribution in [1.82, 2.24) is 5.32 Å². The number of hydrogen-bond donors (Lipinski definition) is 2. The van der Waals surface area contributed by atoms with Gasteiger partial charge in [0.2, 0.25) is 5.91 Å². The Morgan fingerprint density at radius 3 is 2.42 bits per heavy atom. The zero-order valence-electron chi connectivity index (χ0n) is 11.8. The highest BCUT2D eigenvalue weighted by atomic mass is 16.2. The standard InChI is InChI=1S/C16H24N2O/c1-11(2)15(13-6-4-3-5-7-13)16(19)18-14(10-17)12-8-9-12/h3-7,11-12,14-15H,8-10,17H2,1-2H3,(H,18,19). The van der Waals surface area contributed by atoms with Crippen LogP contribution in [0, 0.1) is 11.8 Å². The number of benzene rings is 1. The molecule has 3 nitrogen and oxygen atoms in total. The Morgan fingerprint density at radius 2 is 1.95 bits per heavy atom. The fourth-order valence-corrected chi connectivity index (χ4v) is 2.64. The summed E-state index contributed by atoms with van der Waals surface area (Å²) >= 11 is 0. The zero-order valence-corrected chi connectivity index (χ0v) is 11.8. The van der Waals surface area contributed by atoms with Crippen LogP contribution in [0.1, 0.15) is 38.2 Å². The van der Waals surface area contributed by atoms with Crippen LogP contribution in [0.5, 0.6) is 0 Å². The summed E-state index contributed by atoms with van der Waals surface area (Å²) in [5, 5.41) is 3.14. The number of hydrogen-bond acceptors (Lipinski definition) is 2. The molecule has 0 heterocycles. The Morgan fingerprint density at radius 1 is 1.32 bits per heavy atom. The summed E-state index contributed by atoms with van der Waals surface area (Å²) in [4.78, 5) is 12.5. The molecule has 0 radical (unpaired) electrons. The van der Waals surface area contributed by atoms with Crippen LogP contribution in [-0.2, 0) is 4.79 Å². The monoisotopic (exact) mass is 260 g/mol. The molecule has 2 rings (SSSR count). The molecule has 1 aromatic rings. The second-order valence-electron chi connectivity index (χ2n) is 5.82. The molecule has 1 fully saturated rings. The molecule has 0 spiro atoms. The summed E-state index contributed by atoms with van der Waals surface area (Å²) in [5.41, 5.74) is 6.85. The van der Waals surface area contributed by atoms with Crippen LogP contribution in [-0.4, -0.2) is 18.5 Å². The van der Waals surface area contributed by atoms with E-state index in [0.717, 1.165) is 5.56 Å². The highest BCUT2D eigenvalue weighted by molar-refractivity contribution is 5.84. The number of nitrogens with two attached hydrogens (primary N) is 1. The molecular formula is C16H24N2O. The highest BCUT2D eigenvalue weighted by Gasteiger charge is 2.33. The third kappa shape index (κ3) is 3.57. The van der Waals surface area contributed by atoms with Gasteiger partial charge in [-0.15, -0.1) is 0 Å². The van der Waals surface area contributed by atoms with Crippen molar-refractivity contribution < 1.29 is 4.79 Å². The number of carbonyl (C=O) groups excluding carboxylic acids is 1. The molecule has 3 N–H and O–H groups in total. The van der Waals surface area contributed by atoms with E-state index in [-0.39, 0.29) is 23.8 Å². The van der Waals surface area contributed by atoms with Gasteiger partial charge in [0.05, 0.1) is 5.92 Å². The van der Waals surface area contributed by atoms with Crippen LogP contribution in [0.15, 0.2) is 30.3 Å². The molecule has 0 bridgehead atoms. The summed E-state index contributed by atoms with van der Waals surface area (Å²) in [6, 6.07) is 10.2. The maximum atomic E-state index is 12.5. The lowest BCUT2D eigenvalue weighted by Crippen LogP contribution is -2.44. The van der Waals surface area contributed by atoms with E-state index in [0.29, 0.717) is 12.5 Å². The van der Waals surface area contributed by atoms with Gasteiger partial charge in [0, 0.05) is 12.6 Å². The fourth-order valence-electron chi connectivity index (χ4n) is 2.64. The summed E-state index contributed by atoms with van der Waals surface area (Å²) in [5.74, 6) is 0.898. The van der Waals surface area contributed by atoms with Crippen molar-refractivity contribution in [3.05, 3.63) is 35.9 Å². The van der Waals surface area contributed by atoms with E-state index < -0.39 is 0 Å². The topological polar surface area (TPSA) is 55.1 Å². The molecule has 0 aliphatic heterocycles. The lowest BCUT2D eigenvalue weighted by atomic mass is 9.87. The summed E-state index contributed by atoms with van der Waals surface area (Å²) in [6.45, 7) is 4.72. The van der Waals surface area contributed by atoms with Crippen molar-refractivity contribution >= 4 is 5.91 Å². The maximum absolute atomic E-state index is 12.5. The largest absolute Gasteiger partial charge is 0.351 e. The van der Waals surface area contributed by atoms with Crippen LogP contribution in [0.4, 0.5) is 0 Å². The van der Waals surface area contributed by atoms with Crippen molar-refractivity contribution in [2.75, 3.05) is 6.54 Å². The molecule has 2 atom stereocenters. The first-order valence-electron chi connectivity index (χ1n) is 7.19. The molecule has 1 saturated carbocycles. The molecule has 1 amide bonds. The van der Waals surface area contributed by atoms with Crippen LogP contribution >= 0.6 is 0 Å². The molecule has 3 heteroatoms. The number of rotatable bonds is 6. The summed E-state index contributed by atoms with van der Waals surface area (Å²) in [6.07, 6.45) is 2.39. The molecule has 1 aliphatic carbocycles. The van der Waals surface area contributed by atoms with Gasteiger partial charge in [-0.3, -0.25) is 4.79 Å². The van der Waals surface area contributed by atoms with Gasteiger partial charge in [0.25, 0.3) is 0 Å². The minimum atomic E-state index is -0.0889. The first-order chi connectivity index (χ1) is 9.13. The lowest BCUT2D eigenvalue weighted by Gasteiger charge is -2.24. The average Bonchev–Trinajstić information content (AvgIpc) is 3.21. The zero-order chi connectivity index (χ0) is 13.8. The quantitative estimate of drug-likeness (QED) is 0.824. The molecule has 0 saturated heterocycles. The van der Waals surface area contributed by atoms with Gasteiger partial charge < -0.3 is 11.1 Å². The maximum Gasteiger partial charge on any atom is 0.228 e. The lowest BCUT2D eigenvalue weighted by molar-refractivity contribution is -0.124. The number of nitrogens with one attached hydrogen (secondary N) is 1. The normalized spacial score (nSPS) is 18.1. The van der Waals surface area contributed by atoms with Gasteiger partial charge in [-0.2, -0.15) is 0 Å². The summed E-state index contributed by atoms with van der Waals surface area (Å²) < 4.78 is 0. The van der Waals surface area contributed by atoms with Gasteiger partial charge in [-0.05, 0) is 30.2 Å². The van der Waals surface area contributed by atoms with Gasteiger partial charge >= 0.3 is 0 Å². The highest BCUT2D eigenvalue weighted by Crippen LogP contribution is 2.33. The Labute approximate surface area is 115 Å². The van der Waals surface area contributed by atoms with E-state index in [9.17, 15) is 4.79 Å². The summed E-state index contributed by atoms with van der Waals surface area (Å²) in [7, 11) is 0. The third-order valence-corrected chi connectivity index (χ3v) is 3.88. The average molecular weight is 260 g/mol. The van der Waals surface area contributed by atoms with E-state index in [1.165, 1.54) is 12.8 Å². The van der Waals surface area contributed by atoms with Crippen LogP contribution in [0.2, 0.25) is 0 Å². The minimum absolute atomic E-state index is 0.0889. The van der Waals surface area contributed by atoms with Crippen molar-refractivity contribution in [2.45, 2.75) is 38.6 Å². The number of carbonyl (C=O) groups is 1. The van der Waals surface area contributed by atoms with Gasteiger partial charge in [0.15, 0.2) is 0 Å². The molecule has 104 valence electrons. The van der Waals surface area contributed by atoms with Crippen LogP contribution in [0.25, 0.3) is 0 Å². The minimum Gasteiger partial charge on any atom is -0.351 e. The van der Waals surface area contributed by atoms with E-state index >= 15 is 0 Å². The van der Waals surface area contributed by atoms with Crippen LogP contribution in [0.3, 0.4) is 0 Å². The Kier molecular flexibility index (Phi) is 4.59. The van der Waals surface area contributed by atoms with E-state index in [1.54, 1.807) is 0 Å². The molecular weight excluding hydrogens is 236 g/mol. The Bertz CT molecular complexity index is 412. The number of amides is 1. The van der Waals surface area contributed by atoms with Crippen LogP contribution < -0.4 is 11.1 Å². The molecule has 2 unspecified atom stereocenters. The van der Waals surface area contributed by atoms with Crippen molar-refractivity contribution in [3.8, 4) is 0 Å². The fraction of sp³-hybridized carbons (Fsp3) is 0.562. The second-order valence-corrected chi connectivity index (χ2v) is 5.82. The van der Waals surface area contributed by atoms with E-state index in [1.807, 2.05) is 30.3 Å². The van der Waals surface area contributed by atoms with Crippen molar-refractivity contribution in [1.29, 1.82) is 0 Å². The first kappa shape index (κ1) is 14.1. The van der Waals surface area contributed by atoms with Gasteiger partial charge in [-0.25, -0.2) is 0 Å². The first-order valence-corrected chi connectivity index (χ1v) is 7.19. The molecule has 1 aromatic carbocycles. The Balaban J connectivity index is 2.08. The third-order valence-electron chi connectivity index (χ3n) is 3.88. The Hall–Kier alpha value is -1.35. The predicted octanol–water partition coefficient (Wildman–Crippen LogP) is 2.28. The molecule has 19 heavy (non-hydrogen) atoms. The molecule has 0 aromatic heterocycles. The SMILES string of the molecule is CC(C)C(C(=O)NC(CN)C1CC1)c1ccccc1. The van der Waals surface area contributed by atoms with Gasteiger partial charge in [0.1, 0.15) is 0 Å². The van der Waals surface area contributed by atoms with Crippen molar-refractivity contribution in [3.63, 3.8) is 0 Å². The van der Waals surface area contributed by atoms with E-state index in [2.05, 4.69) is 19.2 Å². The molecule has 1 aliphatic rings. The van der Waals surface area contributed by atoms with E-state index in [4.69, 9.17) is 5.73 Å². The van der Waals surface area contributed by atoms with Gasteiger partial charge in [-0.1, -0.05) is 44.2 Å². The smallest absolute Gasteiger partial charge is 0.228 e. The van der Waals surface area contributed by atoms with Crippen molar-refractivity contribution in [2.24, 2.45) is 17.6 Å². The second kappa shape index (κ2) is 6.20. The predicted molar refractivity (Wildman–Crippen MR) is 77.7 cm³/mol.